The highest BCUT2D eigenvalue weighted by molar-refractivity contribution is 5.95. The highest BCUT2D eigenvalue weighted by Crippen LogP contribution is 2.21. The lowest BCUT2D eigenvalue weighted by molar-refractivity contribution is -0.174. The molecule has 0 saturated carbocycles. The van der Waals surface area contributed by atoms with E-state index in [0.717, 1.165) is 19.3 Å². The van der Waals surface area contributed by atoms with Crippen LogP contribution in [0.15, 0.2) is 0 Å². The summed E-state index contributed by atoms with van der Waals surface area (Å²) in [5.74, 6) is -1.75. The van der Waals surface area contributed by atoms with Crippen LogP contribution >= 0.6 is 0 Å². The van der Waals surface area contributed by atoms with E-state index in [4.69, 9.17) is 9.47 Å². The van der Waals surface area contributed by atoms with Crippen molar-refractivity contribution in [1.82, 2.24) is 0 Å². The van der Waals surface area contributed by atoms with Crippen LogP contribution in [0.3, 0.4) is 0 Å². The van der Waals surface area contributed by atoms with Crippen LogP contribution in [0.2, 0.25) is 0 Å². The van der Waals surface area contributed by atoms with Crippen LogP contribution in [-0.4, -0.2) is 23.1 Å². The first-order chi connectivity index (χ1) is 13.5. The van der Waals surface area contributed by atoms with Gasteiger partial charge in [-0.1, -0.05) is 84.0 Å². The lowest BCUT2D eigenvalue weighted by Crippen LogP contribution is -2.36. The number of rotatable bonds is 15. The van der Waals surface area contributed by atoms with E-state index in [1.165, 1.54) is 57.8 Å². The Labute approximate surface area is 180 Å². The zero-order valence-electron chi connectivity index (χ0n) is 20.4. The van der Waals surface area contributed by atoms with Gasteiger partial charge in [-0.05, 0) is 48.0 Å². The van der Waals surface area contributed by atoms with E-state index in [1.807, 2.05) is 41.5 Å². The molecule has 0 aliphatic heterocycles. The minimum absolute atomic E-state index is 0.463. The van der Waals surface area contributed by atoms with Gasteiger partial charge in [-0.3, -0.25) is 9.59 Å². The van der Waals surface area contributed by atoms with E-state index in [2.05, 4.69) is 6.92 Å². The molecular formula is C25H48O4. The van der Waals surface area contributed by atoms with Gasteiger partial charge in [-0.25, -0.2) is 0 Å². The molecule has 0 saturated heterocycles. The minimum atomic E-state index is -0.823. The molecule has 0 aromatic heterocycles. The summed E-state index contributed by atoms with van der Waals surface area (Å²) in [4.78, 5) is 25.0. The van der Waals surface area contributed by atoms with Crippen molar-refractivity contribution in [3.05, 3.63) is 0 Å². The quantitative estimate of drug-likeness (QED) is 0.160. The van der Waals surface area contributed by atoms with Gasteiger partial charge >= 0.3 is 11.9 Å². The Kier molecular flexibility index (Phi) is 14.3. The van der Waals surface area contributed by atoms with Crippen LogP contribution in [0.1, 0.15) is 132 Å². The average molecular weight is 413 g/mol. The van der Waals surface area contributed by atoms with Crippen molar-refractivity contribution >= 4 is 11.9 Å². The molecule has 0 aliphatic carbocycles. The number of hydrogen-bond donors (Lipinski definition) is 0. The van der Waals surface area contributed by atoms with Crippen molar-refractivity contribution in [2.75, 3.05) is 0 Å². The lowest BCUT2D eigenvalue weighted by Gasteiger charge is -2.26. The Morgan fingerprint density at radius 3 is 1.21 bits per heavy atom. The number of esters is 2. The first kappa shape index (κ1) is 27.9. The van der Waals surface area contributed by atoms with Crippen molar-refractivity contribution in [1.29, 1.82) is 0 Å². The summed E-state index contributed by atoms with van der Waals surface area (Å²) in [5.41, 5.74) is -1.21. The summed E-state index contributed by atoms with van der Waals surface area (Å²) in [6.07, 6.45) is 15.5. The third-order valence-corrected chi connectivity index (χ3v) is 4.73. The number of carbonyl (C=O) groups excluding carboxylic acids is 2. The summed E-state index contributed by atoms with van der Waals surface area (Å²) in [6.45, 7) is 13.2. The number of hydrogen-bond acceptors (Lipinski definition) is 4. The molecule has 0 aromatic carbocycles. The molecule has 0 heterocycles. The van der Waals surface area contributed by atoms with E-state index in [9.17, 15) is 9.59 Å². The summed E-state index contributed by atoms with van der Waals surface area (Å²) in [6, 6.07) is 0. The maximum atomic E-state index is 12.5. The van der Waals surface area contributed by atoms with Crippen molar-refractivity contribution in [3.63, 3.8) is 0 Å². The summed E-state index contributed by atoms with van der Waals surface area (Å²) >= 11 is 0. The van der Waals surface area contributed by atoms with Gasteiger partial charge in [0.2, 0.25) is 0 Å². The van der Waals surface area contributed by atoms with E-state index in [1.54, 1.807) is 0 Å². The number of ether oxygens (including phenoxy) is 2. The first-order valence-electron chi connectivity index (χ1n) is 11.9. The Morgan fingerprint density at radius 2 is 0.897 bits per heavy atom. The third-order valence-electron chi connectivity index (χ3n) is 4.73. The zero-order valence-corrected chi connectivity index (χ0v) is 20.4. The van der Waals surface area contributed by atoms with Crippen LogP contribution in [0.25, 0.3) is 0 Å². The maximum absolute atomic E-state index is 12.5. The molecule has 0 fully saturated rings. The van der Waals surface area contributed by atoms with Crippen molar-refractivity contribution in [3.8, 4) is 0 Å². The molecule has 0 atom stereocenters. The Balaban J connectivity index is 4.14. The second kappa shape index (κ2) is 14.8. The topological polar surface area (TPSA) is 52.6 Å². The van der Waals surface area contributed by atoms with Crippen molar-refractivity contribution in [2.24, 2.45) is 5.92 Å². The predicted octanol–water partition coefficient (Wildman–Crippen LogP) is 7.38. The van der Waals surface area contributed by atoms with E-state index in [-0.39, 0.29) is 0 Å². The SMILES string of the molecule is CCCCCCCCCCCCCCC(C(=O)OC(C)(C)C)C(=O)OC(C)(C)C. The van der Waals surface area contributed by atoms with Gasteiger partial charge in [0.1, 0.15) is 11.2 Å². The average Bonchev–Trinajstić information content (AvgIpc) is 2.55. The number of carbonyl (C=O) groups is 2. The molecule has 0 spiro atoms. The maximum Gasteiger partial charge on any atom is 0.320 e. The normalized spacial score (nSPS) is 12.3. The smallest absolute Gasteiger partial charge is 0.320 e. The molecule has 172 valence electrons. The summed E-state index contributed by atoms with van der Waals surface area (Å²) < 4.78 is 10.9. The first-order valence-corrected chi connectivity index (χ1v) is 11.9. The van der Waals surface area contributed by atoms with Crippen LogP contribution in [0.4, 0.5) is 0 Å². The van der Waals surface area contributed by atoms with Crippen molar-refractivity contribution < 1.29 is 19.1 Å². The lowest BCUT2D eigenvalue weighted by atomic mass is 9.99. The molecule has 0 aromatic rings. The molecule has 4 nitrogen and oxygen atoms in total. The van der Waals surface area contributed by atoms with E-state index < -0.39 is 29.1 Å². The van der Waals surface area contributed by atoms with E-state index in [0.29, 0.717) is 6.42 Å². The Morgan fingerprint density at radius 1 is 0.586 bits per heavy atom. The monoisotopic (exact) mass is 412 g/mol. The van der Waals surface area contributed by atoms with Gasteiger partial charge in [0.05, 0.1) is 0 Å². The Bertz CT molecular complexity index is 415. The summed E-state index contributed by atoms with van der Waals surface area (Å²) in [7, 11) is 0. The number of unbranched alkanes of at least 4 members (excludes halogenated alkanes) is 11. The highest BCUT2D eigenvalue weighted by Gasteiger charge is 2.34. The minimum Gasteiger partial charge on any atom is -0.459 e. The van der Waals surface area contributed by atoms with Gasteiger partial charge in [0, 0.05) is 0 Å². The molecule has 0 amide bonds. The van der Waals surface area contributed by atoms with Crippen LogP contribution in [0.5, 0.6) is 0 Å². The van der Waals surface area contributed by atoms with Gasteiger partial charge in [0.25, 0.3) is 0 Å². The van der Waals surface area contributed by atoms with Gasteiger partial charge in [-0.2, -0.15) is 0 Å². The van der Waals surface area contributed by atoms with E-state index >= 15 is 0 Å². The fraction of sp³-hybridized carbons (Fsp3) is 0.920. The molecule has 0 bridgehead atoms. The molecule has 29 heavy (non-hydrogen) atoms. The van der Waals surface area contributed by atoms with Crippen LogP contribution < -0.4 is 0 Å². The largest absolute Gasteiger partial charge is 0.459 e. The standard InChI is InChI=1S/C25H48O4/c1-8-9-10-11-12-13-14-15-16-17-18-19-20-21(22(26)28-24(2,3)4)23(27)29-25(5,6)7/h21H,8-20H2,1-7H3. The third kappa shape index (κ3) is 17.5. The molecule has 0 N–H and O–H groups in total. The molecule has 0 unspecified atom stereocenters. The molecule has 4 heteroatoms. The second-order valence-corrected chi connectivity index (χ2v) is 10.3. The second-order valence-electron chi connectivity index (χ2n) is 10.3. The fourth-order valence-corrected chi connectivity index (χ4v) is 3.27. The molecule has 0 radical (unpaired) electrons. The fourth-order valence-electron chi connectivity index (χ4n) is 3.27. The van der Waals surface area contributed by atoms with Crippen molar-refractivity contribution in [2.45, 2.75) is 143 Å². The molecule has 0 rings (SSSR count). The molecular weight excluding hydrogens is 364 g/mol. The summed E-state index contributed by atoms with van der Waals surface area (Å²) in [5, 5.41) is 0. The van der Waals surface area contributed by atoms with Gasteiger partial charge < -0.3 is 9.47 Å². The Hall–Kier alpha value is -1.06. The molecule has 0 aliphatic rings. The van der Waals surface area contributed by atoms with Crippen LogP contribution in [0, 0.1) is 5.92 Å². The van der Waals surface area contributed by atoms with Gasteiger partial charge in [0.15, 0.2) is 5.92 Å². The zero-order chi connectivity index (χ0) is 22.3. The van der Waals surface area contributed by atoms with Crippen LogP contribution in [-0.2, 0) is 19.1 Å². The highest BCUT2D eigenvalue weighted by atomic mass is 16.6. The predicted molar refractivity (Wildman–Crippen MR) is 121 cm³/mol. The van der Waals surface area contributed by atoms with Gasteiger partial charge in [-0.15, -0.1) is 0 Å².